The van der Waals surface area contributed by atoms with Crippen LogP contribution in [-0.4, -0.2) is 11.5 Å². The third-order valence-corrected chi connectivity index (χ3v) is 5.47. The van der Waals surface area contributed by atoms with E-state index < -0.39 is 0 Å². The van der Waals surface area contributed by atoms with Gasteiger partial charge in [-0.1, -0.05) is 12.5 Å². The number of aromatic nitrogens is 1. The molecule has 2 saturated carbocycles. The highest BCUT2D eigenvalue weighted by molar-refractivity contribution is 5.27. The van der Waals surface area contributed by atoms with Crippen LogP contribution in [0.3, 0.4) is 0 Å². The summed E-state index contributed by atoms with van der Waals surface area (Å²) in [5.74, 6) is 3.06. The average molecular weight is 242 g/mol. The molecular weight excluding hydrogens is 220 g/mol. The summed E-state index contributed by atoms with van der Waals surface area (Å²) in [5.41, 5.74) is 2.78. The largest absolute Gasteiger partial charge is 0.308 e. The van der Waals surface area contributed by atoms with Gasteiger partial charge in [0.05, 0.1) is 11.7 Å². The van der Waals surface area contributed by atoms with Crippen LogP contribution in [0.5, 0.6) is 0 Å². The summed E-state index contributed by atoms with van der Waals surface area (Å²) in [6, 6.07) is 4.83. The van der Waals surface area contributed by atoms with Gasteiger partial charge in [0.25, 0.3) is 0 Å². The highest BCUT2D eigenvalue weighted by Crippen LogP contribution is 2.48. The molecule has 0 amide bonds. The van der Waals surface area contributed by atoms with Crippen molar-refractivity contribution in [3.63, 3.8) is 0 Å². The van der Waals surface area contributed by atoms with Crippen LogP contribution in [0, 0.1) is 17.8 Å². The van der Waals surface area contributed by atoms with Crippen LogP contribution in [0.4, 0.5) is 0 Å². The Morgan fingerprint density at radius 1 is 1.22 bits per heavy atom. The Morgan fingerprint density at radius 3 is 3.06 bits per heavy atom. The van der Waals surface area contributed by atoms with E-state index in [1.165, 1.54) is 56.3 Å². The lowest BCUT2D eigenvalue weighted by Crippen LogP contribution is -2.29. The van der Waals surface area contributed by atoms with Crippen molar-refractivity contribution in [3.05, 3.63) is 29.6 Å². The number of nitrogens with zero attached hydrogens (tertiary/aromatic N) is 1. The van der Waals surface area contributed by atoms with E-state index in [4.69, 9.17) is 0 Å². The Hall–Kier alpha value is -0.890. The van der Waals surface area contributed by atoms with Gasteiger partial charge in [-0.2, -0.15) is 0 Å². The Balaban J connectivity index is 1.39. The number of pyridine rings is 1. The van der Waals surface area contributed by atoms with Crippen LogP contribution < -0.4 is 5.32 Å². The predicted molar refractivity (Wildman–Crippen MR) is 72.2 cm³/mol. The van der Waals surface area contributed by atoms with E-state index in [2.05, 4.69) is 22.4 Å². The minimum Gasteiger partial charge on any atom is -0.308 e. The van der Waals surface area contributed by atoms with Gasteiger partial charge >= 0.3 is 0 Å². The summed E-state index contributed by atoms with van der Waals surface area (Å²) in [7, 11) is 0. The normalized spacial score (nSPS) is 37.1. The number of hydrogen-bond acceptors (Lipinski definition) is 2. The highest BCUT2D eigenvalue weighted by Gasteiger charge is 2.39. The maximum atomic E-state index is 4.57. The van der Waals surface area contributed by atoms with Crippen molar-refractivity contribution in [2.75, 3.05) is 6.54 Å². The Morgan fingerprint density at radius 2 is 2.22 bits per heavy atom. The van der Waals surface area contributed by atoms with Crippen molar-refractivity contribution in [2.45, 2.75) is 44.6 Å². The molecule has 1 heterocycles. The smallest absolute Gasteiger partial charge is 0.0605 e. The molecule has 2 fully saturated rings. The van der Waals surface area contributed by atoms with Gasteiger partial charge in [0.2, 0.25) is 0 Å². The standard InChI is InChI=1S/C16H22N2/c1-2-12-5-6-15(16(12)17-7-1)18-10-14-9-11-3-4-13(14)8-11/h1-2,7,11,13-15,18H,3-6,8-10H2. The lowest BCUT2D eigenvalue weighted by atomic mass is 9.88. The number of fused-ring (bicyclic) bond motifs is 3. The fourth-order valence-corrected chi connectivity index (χ4v) is 4.53. The first-order chi connectivity index (χ1) is 8.90. The molecule has 96 valence electrons. The minimum absolute atomic E-state index is 0.528. The first kappa shape index (κ1) is 11.0. The minimum atomic E-state index is 0.528. The summed E-state index contributed by atoms with van der Waals surface area (Å²) < 4.78 is 0. The summed E-state index contributed by atoms with van der Waals surface area (Å²) in [6.45, 7) is 1.22. The first-order valence-corrected chi connectivity index (χ1v) is 7.57. The van der Waals surface area contributed by atoms with Crippen LogP contribution >= 0.6 is 0 Å². The van der Waals surface area contributed by atoms with Crippen LogP contribution in [0.1, 0.15) is 49.4 Å². The Labute approximate surface area is 109 Å². The van der Waals surface area contributed by atoms with Crippen molar-refractivity contribution in [3.8, 4) is 0 Å². The second-order valence-electron chi connectivity index (χ2n) is 6.48. The molecule has 4 rings (SSSR count). The van der Waals surface area contributed by atoms with E-state index >= 15 is 0 Å². The molecule has 2 nitrogen and oxygen atoms in total. The number of hydrogen-bond donors (Lipinski definition) is 1. The van der Waals surface area contributed by atoms with Gasteiger partial charge in [-0.3, -0.25) is 4.98 Å². The van der Waals surface area contributed by atoms with Crippen LogP contribution in [0.15, 0.2) is 18.3 Å². The summed E-state index contributed by atoms with van der Waals surface area (Å²) in [6.07, 6.45) is 10.4. The Bertz CT molecular complexity index is 442. The fourth-order valence-electron chi connectivity index (χ4n) is 4.53. The molecule has 2 heteroatoms. The molecule has 0 spiro atoms. The molecule has 1 N–H and O–H groups in total. The first-order valence-electron chi connectivity index (χ1n) is 7.57. The number of aryl methyl sites for hydroxylation is 1. The summed E-state index contributed by atoms with van der Waals surface area (Å²) >= 11 is 0. The van der Waals surface area contributed by atoms with E-state index in [0.717, 1.165) is 17.8 Å². The molecule has 0 radical (unpaired) electrons. The summed E-state index contributed by atoms with van der Waals surface area (Å²) in [5, 5.41) is 3.80. The van der Waals surface area contributed by atoms with E-state index in [9.17, 15) is 0 Å². The lowest BCUT2D eigenvalue weighted by molar-refractivity contribution is 0.305. The molecule has 0 aliphatic heterocycles. The molecule has 2 bridgehead atoms. The molecule has 4 unspecified atom stereocenters. The zero-order valence-electron chi connectivity index (χ0n) is 10.9. The van der Waals surface area contributed by atoms with E-state index in [0.29, 0.717) is 6.04 Å². The quantitative estimate of drug-likeness (QED) is 0.881. The molecule has 18 heavy (non-hydrogen) atoms. The van der Waals surface area contributed by atoms with Gasteiger partial charge in [-0.15, -0.1) is 0 Å². The topological polar surface area (TPSA) is 24.9 Å². The predicted octanol–water partition coefficient (Wildman–Crippen LogP) is 3.09. The van der Waals surface area contributed by atoms with Gasteiger partial charge in [0.1, 0.15) is 0 Å². The number of rotatable bonds is 3. The molecule has 0 aromatic carbocycles. The van der Waals surface area contributed by atoms with Crippen molar-refractivity contribution in [1.29, 1.82) is 0 Å². The molecule has 4 atom stereocenters. The van der Waals surface area contributed by atoms with Crippen molar-refractivity contribution in [2.24, 2.45) is 17.8 Å². The number of nitrogens with one attached hydrogen (secondary N) is 1. The summed E-state index contributed by atoms with van der Waals surface area (Å²) in [4.78, 5) is 4.57. The Kier molecular flexibility index (Phi) is 2.65. The van der Waals surface area contributed by atoms with Gasteiger partial charge in [-0.05, 0) is 68.0 Å². The van der Waals surface area contributed by atoms with Gasteiger partial charge in [-0.25, -0.2) is 0 Å². The third-order valence-electron chi connectivity index (χ3n) is 5.47. The maximum absolute atomic E-state index is 4.57. The third kappa shape index (κ3) is 1.78. The second-order valence-corrected chi connectivity index (χ2v) is 6.48. The average Bonchev–Trinajstić information content (AvgIpc) is 3.11. The molecule has 1 aromatic rings. The van der Waals surface area contributed by atoms with Crippen LogP contribution in [-0.2, 0) is 6.42 Å². The van der Waals surface area contributed by atoms with Crippen LogP contribution in [0.25, 0.3) is 0 Å². The van der Waals surface area contributed by atoms with Crippen molar-refractivity contribution >= 4 is 0 Å². The van der Waals surface area contributed by atoms with E-state index in [1.807, 2.05) is 6.20 Å². The molecule has 1 aromatic heterocycles. The van der Waals surface area contributed by atoms with Gasteiger partial charge < -0.3 is 5.32 Å². The molecular formula is C16H22N2. The monoisotopic (exact) mass is 242 g/mol. The van der Waals surface area contributed by atoms with Crippen molar-refractivity contribution < 1.29 is 0 Å². The van der Waals surface area contributed by atoms with E-state index in [-0.39, 0.29) is 0 Å². The van der Waals surface area contributed by atoms with Crippen molar-refractivity contribution in [1.82, 2.24) is 10.3 Å². The zero-order chi connectivity index (χ0) is 11.9. The maximum Gasteiger partial charge on any atom is 0.0605 e. The van der Waals surface area contributed by atoms with Gasteiger partial charge in [0, 0.05) is 6.20 Å². The van der Waals surface area contributed by atoms with E-state index in [1.54, 1.807) is 0 Å². The zero-order valence-corrected chi connectivity index (χ0v) is 10.9. The SMILES string of the molecule is c1cnc2c(c1)CCC2NCC1CC2CCC1C2. The van der Waals surface area contributed by atoms with Crippen LogP contribution in [0.2, 0.25) is 0 Å². The molecule has 3 aliphatic carbocycles. The second kappa shape index (κ2) is 4.34. The highest BCUT2D eigenvalue weighted by atomic mass is 15.0. The molecule has 3 aliphatic rings. The lowest BCUT2D eigenvalue weighted by Gasteiger charge is -2.24. The molecule has 0 saturated heterocycles. The van der Waals surface area contributed by atoms with Gasteiger partial charge in [0.15, 0.2) is 0 Å². The fraction of sp³-hybridized carbons (Fsp3) is 0.688.